The number of nitrogens with zero attached hydrogens (tertiary/aromatic N) is 2. The minimum atomic E-state index is -0.930. The van der Waals surface area contributed by atoms with E-state index in [0.29, 0.717) is 37.6 Å². The van der Waals surface area contributed by atoms with Crippen molar-refractivity contribution in [3.05, 3.63) is 52.0 Å². The number of rotatable bonds is 13. The van der Waals surface area contributed by atoms with E-state index in [1.165, 1.54) is 18.3 Å². The number of ether oxygens (including phenoxy) is 2. The number of amides is 2. The molecule has 11 heteroatoms. The van der Waals surface area contributed by atoms with Crippen molar-refractivity contribution in [1.29, 1.82) is 0 Å². The first-order valence-electron chi connectivity index (χ1n) is 12.2. The van der Waals surface area contributed by atoms with Gasteiger partial charge in [-0.2, -0.15) is 0 Å². The zero-order valence-electron chi connectivity index (χ0n) is 21.2. The van der Waals surface area contributed by atoms with Crippen molar-refractivity contribution in [2.75, 3.05) is 26.8 Å². The van der Waals surface area contributed by atoms with Crippen LogP contribution < -0.4 is 5.32 Å². The minimum Gasteiger partial charge on any atom is -0.481 e. The summed E-state index contributed by atoms with van der Waals surface area (Å²) in [5.41, 5.74) is 1.14. The van der Waals surface area contributed by atoms with Crippen LogP contribution in [0, 0.1) is 11.8 Å². The SMILES string of the molecule is CC(=O)O[C@H](CCN(C)C(=O)C1COC1)c1nc(C(=O)N[C@@H](Cc2ccccc2)C[C@H](C)C(=O)O)cs1. The predicted molar refractivity (Wildman–Crippen MR) is 136 cm³/mol. The van der Waals surface area contributed by atoms with Crippen molar-refractivity contribution in [3.8, 4) is 0 Å². The van der Waals surface area contributed by atoms with Gasteiger partial charge in [0.1, 0.15) is 10.7 Å². The number of carboxylic acid groups (broad SMARTS) is 1. The molecule has 2 amide bonds. The third kappa shape index (κ3) is 8.36. The van der Waals surface area contributed by atoms with E-state index in [1.54, 1.807) is 24.3 Å². The molecule has 1 aromatic carbocycles. The molecule has 10 nitrogen and oxygen atoms in total. The van der Waals surface area contributed by atoms with Gasteiger partial charge in [-0.25, -0.2) is 4.98 Å². The molecule has 1 aliphatic rings. The van der Waals surface area contributed by atoms with E-state index < -0.39 is 35.9 Å². The Balaban J connectivity index is 1.67. The van der Waals surface area contributed by atoms with E-state index in [2.05, 4.69) is 10.3 Å². The van der Waals surface area contributed by atoms with E-state index >= 15 is 0 Å². The number of thiazole rings is 1. The van der Waals surface area contributed by atoms with Gasteiger partial charge in [0, 0.05) is 38.4 Å². The van der Waals surface area contributed by atoms with Crippen LogP contribution in [0.2, 0.25) is 0 Å². The molecular weight excluding hydrogens is 498 g/mol. The first kappa shape index (κ1) is 28.3. The fourth-order valence-electron chi connectivity index (χ4n) is 3.96. The molecule has 1 aliphatic heterocycles. The first-order valence-corrected chi connectivity index (χ1v) is 13.0. The molecule has 3 atom stereocenters. The summed E-state index contributed by atoms with van der Waals surface area (Å²) in [6.45, 7) is 4.08. The van der Waals surface area contributed by atoms with Gasteiger partial charge < -0.3 is 24.8 Å². The van der Waals surface area contributed by atoms with Crippen molar-refractivity contribution in [1.82, 2.24) is 15.2 Å². The van der Waals surface area contributed by atoms with Crippen LogP contribution in [0.5, 0.6) is 0 Å². The number of carboxylic acids is 1. The Labute approximate surface area is 220 Å². The van der Waals surface area contributed by atoms with Crippen LogP contribution in [0.25, 0.3) is 0 Å². The second kappa shape index (κ2) is 13.3. The van der Waals surface area contributed by atoms with Gasteiger partial charge in [-0.05, 0) is 18.4 Å². The van der Waals surface area contributed by atoms with Crippen molar-refractivity contribution in [3.63, 3.8) is 0 Å². The van der Waals surface area contributed by atoms with Crippen LogP contribution in [-0.2, 0) is 30.3 Å². The van der Waals surface area contributed by atoms with E-state index in [0.717, 1.165) is 5.56 Å². The van der Waals surface area contributed by atoms with E-state index in [1.807, 2.05) is 30.3 Å². The molecule has 0 bridgehead atoms. The molecule has 0 unspecified atom stereocenters. The Bertz CT molecular complexity index is 1090. The second-order valence-electron chi connectivity index (χ2n) is 9.29. The number of esters is 1. The summed E-state index contributed by atoms with van der Waals surface area (Å²) in [5, 5.41) is 14.3. The van der Waals surface area contributed by atoms with Crippen LogP contribution in [0.3, 0.4) is 0 Å². The van der Waals surface area contributed by atoms with Gasteiger partial charge in [-0.1, -0.05) is 37.3 Å². The highest BCUT2D eigenvalue weighted by molar-refractivity contribution is 7.09. The van der Waals surface area contributed by atoms with Gasteiger partial charge in [0.15, 0.2) is 6.10 Å². The maximum atomic E-state index is 13.0. The summed E-state index contributed by atoms with van der Waals surface area (Å²) in [6.07, 6.45) is 0.361. The van der Waals surface area contributed by atoms with Crippen LogP contribution in [0.4, 0.5) is 0 Å². The average Bonchev–Trinajstić information content (AvgIpc) is 3.31. The Kier molecular flexibility index (Phi) is 10.2. The van der Waals surface area contributed by atoms with Gasteiger partial charge in [0.05, 0.1) is 25.0 Å². The zero-order valence-corrected chi connectivity index (χ0v) is 22.0. The summed E-state index contributed by atoms with van der Waals surface area (Å²) in [6, 6.07) is 9.11. The number of hydrogen-bond acceptors (Lipinski definition) is 8. The van der Waals surface area contributed by atoms with Crippen LogP contribution in [0.15, 0.2) is 35.7 Å². The Morgan fingerprint density at radius 2 is 1.95 bits per heavy atom. The lowest BCUT2D eigenvalue weighted by atomic mass is 9.96. The summed E-state index contributed by atoms with van der Waals surface area (Å²) < 4.78 is 10.5. The number of carbonyl (C=O) groups excluding carboxylic acids is 3. The maximum Gasteiger partial charge on any atom is 0.306 e. The summed E-state index contributed by atoms with van der Waals surface area (Å²) in [4.78, 5) is 54.6. The van der Waals surface area contributed by atoms with Crippen LogP contribution in [-0.4, -0.2) is 71.6 Å². The van der Waals surface area contributed by atoms with Gasteiger partial charge in [-0.3, -0.25) is 19.2 Å². The van der Waals surface area contributed by atoms with E-state index in [9.17, 15) is 24.3 Å². The molecule has 3 rings (SSSR count). The standard InChI is InChI=1S/C26H33N3O7S/c1-16(26(33)34)11-20(12-18-7-5-4-6-8-18)27-23(31)21-15-37-24(28-21)22(36-17(2)30)9-10-29(3)25(32)19-13-35-14-19/h4-8,15-16,19-20,22H,9-14H2,1-3H3,(H,27,31)(H,33,34)/t16-,20+,22+/m0/s1. The van der Waals surface area contributed by atoms with Crippen molar-refractivity contribution < 1.29 is 33.8 Å². The predicted octanol–water partition coefficient (Wildman–Crippen LogP) is 2.69. The molecular formula is C26H33N3O7S. The van der Waals surface area contributed by atoms with Crippen LogP contribution >= 0.6 is 11.3 Å². The highest BCUT2D eigenvalue weighted by Gasteiger charge is 2.30. The fourth-order valence-corrected chi connectivity index (χ4v) is 4.82. The lowest BCUT2D eigenvalue weighted by molar-refractivity contribution is -0.150. The Morgan fingerprint density at radius 3 is 2.54 bits per heavy atom. The molecule has 37 heavy (non-hydrogen) atoms. The van der Waals surface area contributed by atoms with Crippen molar-refractivity contribution in [2.24, 2.45) is 11.8 Å². The van der Waals surface area contributed by atoms with Crippen molar-refractivity contribution in [2.45, 2.75) is 45.3 Å². The van der Waals surface area contributed by atoms with E-state index in [-0.39, 0.29) is 23.9 Å². The molecule has 200 valence electrons. The molecule has 0 spiro atoms. The molecule has 1 aromatic heterocycles. The third-order valence-corrected chi connectivity index (χ3v) is 7.09. The molecule has 0 saturated carbocycles. The maximum absolute atomic E-state index is 13.0. The van der Waals surface area contributed by atoms with Gasteiger partial charge in [0.2, 0.25) is 5.91 Å². The fraction of sp³-hybridized carbons (Fsp3) is 0.500. The lowest BCUT2D eigenvalue weighted by Gasteiger charge is -2.30. The first-order chi connectivity index (χ1) is 17.6. The largest absolute Gasteiger partial charge is 0.481 e. The number of aliphatic carboxylic acids is 1. The zero-order chi connectivity index (χ0) is 26.9. The second-order valence-corrected chi connectivity index (χ2v) is 10.2. The normalized spacial score (nSPS) is 15.6. The number of hydrogen-bond donors (Lipinski definition) is 2. The molecule has 0 radical (unpaired) electrons. The lowest BCUT2D eigenvalue weighted by Crippen LogP contribution is -2.43. The monoisotopic (exact) mass is 531 g/mol. The summed E-state index contributed by atoms with van der Waals surface area (Å²) >= 11 is 1.19. The topological polar surface area (TPSA) is 135 Å². The molecule has 0 aliphatic carbocycles. The minimum absolute atomic E-state index is 0.0212. The summed E-state index contributed by atoms with van der Waals surface area (Å²) in [7, 11) is 1.69. The highest BCUT2D eigenvalue weighted by Crippen LogP contribution is 2.26. The highest BCUT2D eigenvalue weighted by atomic mass is 32.1. The number of aromatic nitrogens is 1. The molecule has 2 N–H and O–H groups in total. The average molecular weight is 532 g/mol. The van der Waals surface area contributed by atoms with E-state index in [4.69, 9.17) is 9.47 Å². The third-order valence-electron chi connectivity index (χ3n) is 6.15. The van der Waals surface area contributed by atoms with Crippen molar-refractivity contribution >= 4 is 35.1 Å². The molecule has 2 aromatic rings. The molecule has 2 heterocycles. The quantitative estimate of drug-likeness (QED) is 0.377. The number of nitrogens with one attached hydrogen (secondary N) is 1. The molecule has 1 fully saturated rings. The van der Waals surface area contributed by atoms with Gasteiger partial charge in [0.25, 0.3) is 5.91 Å². The van der Waals surface area contributed by atoms with Gasteiger partial charge in [-0.15, -0.1) is 11.3 Å². The van der Waals surface area contributed by atoms with Gasteiger partial charge >= 0.3 is 11.9 Å². The molecule has 1 saturated heterocycles. The van der Waals surface area contributed by atoms with Crippen LogP contribution in [0.1, 0.15) is 53.9 Å². The Morgan fingerprint density at radius 1 is 1.24 bits per heavy atom. The Hall–Kier alpha value is -3.31. The smallest absolute Gasteiger partial charge is 0.306 e. The number of benzene rings is 1. The number of carbonyl (C=O) groups is 4. The summed E-state index contributed by atoms with van der Waals surface area (Å²) in [5.74, 6) is -2.65.